The number of rotatable bonds is 3. The summed E-state index contributed by atoms with van der Waals surface area (Å²) in [5.41, 5.74) is 1.89. The zero-order valence-corrected chi connectivity index (χ0v) is 8.20. The molecule has 68 valence electrons. The topological polar surface area (TPSA) is 41.1 Å². The first-order valence-electron chi connectivity index (χ1n) is 4.05. The molecule has 4 nitrogen and oxygen atoms in total. The fourth-order valence-corrected chi connectivity index (χ4v) is 1.16. The van der Waals surface area contributed by atoms with E-state index in [-0.39, 0.29) is 0 Å². The number of nitrogens with one attached hydrogen (secondary N) is 1. The highest BCUT2D eigenvalue weighted by molar-refractivity contribution is 6.20. The van der Waals surface area contributed by atoms with Gasteiger partial charge in [0.05, 0.1) is 11.4 Å². The van der Waals surface area contributed by atoms with Crippen LogP contribution in [-0.4, -0.2) is 25.0 Å². The highest BCUT2D eigenvalue weighted by Crippen LogP contribution is 2.23. The quantitative estimate of drug-likeness (QED) is 0.673. The van der Waals surface area contributed by atoms with Crippen LogP contribution in [0.1, 0.15) is 5.69 Å². The second kappa shape index (κ2) is 3.93. The Balaban J connectivity index is 3.22. The van der Waals surface area contributed by atoms with Crippen molar-refractivity contribution in [2.75, 3.05) is 17.2 Å². The van der Waals surface area contributed by atoms with Crippen LogP contribution < -0.4 is 10.1 Å². The molecule has 1 aromatic rings. The summed E-state index contributed by atoms with van der Waals surface area (Å²) < 4.78 is 0. The van der Waals surface area contributed by atoms with Gasteiger partial charge in [-0.3, -0.25) is 0 Å². The minimum atomic E-state index is 0.815. The average molecular weight is 176 g/mol. The molecule has 0 aromatic carbocycles. The molecule has 0 radical (unpaired) electrons. The molecule has 0 aliphatic carbocycles. The van der Waals surface area contributed by atoms with Crippen LogP contribution in [0, 0.1) is 6.92 Å². The van der Waals surface area contributed by atoms with Crippen molar-refractivity contribution >= 4 is 19.5 Å². The van der Waals surface area contributed by atoms with Gasteiger partial charge in [0.25, 0.3) is 0 Å². The molecule has 0 saturated carbocycles. The van der Waals surface area contributed by atoms with Gasteiger partial charge in [-0.25, -0.2) is 9.97 Å². The fraction of sp³-hybridized carbons (Fsp3) is 0.250. The molecule has 0 unspecified atom stereocenters. The Bertz CT molecular complexity index is 313. The van der Waals surface area contributed by atoms with E-state index >= 15 is 0 Å². The second-order valence-electron chi connectivity index (χ2n) is 2.70. The van der Waals surface area contributed by atoms with Crippen LogP contribution >= 0.6 is 0 Å². The van der Waals surface area contributed by atoms with Crippen LogP contribution in [0.15, 0.2) is 19.1 Å². The maximum atomic E-state index is 4.12. The van der Waals surface area contributed by atoms with E-state index in [9.17, 15) is 0 Å². The van der Waals surface area contributed by atoms with Crippen LogP contribution in [0.2, 0.25) is 0 Å². The largest absolute Gasteiger partial charge is 0.396 e. The van der Waals surface area contributed by atoms with Crippen molar-refractivity contribution in [2.24, 2.45) is 0 Å². The summed E-state index contributed by atoms with van der Waals surface area (Å²) in [4.78, 5) is 10.1. The minimum absolute atomic E-state index is 0.815. The predicted octanol–water partition coefficient (Wildman–Crippen LogP) is 0.325. The van der Waals surface area contributed by atoms with Crippen molar-refractivity contribution < 1.29 is 0 Å². The normalized spacial score (nSPS) is 9.38. The van der Waals surface area contributed by atoms with Crippen LogP contribution in [0.5, 0.6) is 0 Å². The lowest BCUT2D eigenvalue weighted by molar-refractivity contribution is 1.09. The van der Waals surface area contributed by atoms with Gasteiger partial charge in [-0.2, -0.15) is 0 Å². The summed E-state index contributed by atoms with van der Waals surface area (Å²) in [5.74, 6) is 0.815. The Morgan fingerprint density at radius 2 is 2.31 bits per heavy atom. The second-order valence-corrected chi connectivity index (χ2v) is 2.70. The third kappa shape index (κ3) is 1.80. The van der Waals surface area contributed by atoms with E-state index in [1.54, 1.807) is 12.5 Å². The van der Waals surface area contributed by atoms with E-state index in [1.807, 2.05) is 26.8 Å². The number of aromatic nitrogens is 2. The van der Waals surface area contributed by atoms with Crippen molar-refractivity contribution in [1.29, 1.82) is 0 Å². The first-order valence-corrected chi connectivity index (χ1v) is 4.05. The molecule has 0 bridgehead atoms. The van der Waals surface area contributed by atoms with E-state index < -0.39 is 0 Å². The van der Waals surface area contributed by atoms with Gasteiger partial charge in [0.15, 0.2) is 5.82 Å². The summed E-state index contributed by atoms with van der Waals surface area (Å²) in [6, 6.07) is 0. The molecule has 0 fully saturated rings. The molecule has 0 aliphatic heterocycles. The molecule has 1 aromatic heterocycles. The average Bonchev–Trinajstić information content (AvgIpc) is 2.16. The minimum Gasteiger partial charge on any atom is -0.396 e. The number of anilines is 2. The molecule has 1 N–H and O–H groups in total. The van der Waals surface area contributed by atoms with E-state index in [1.165, 1.54) is 0 Å². The zero-order valence-electron chi connectivity index (χ0n) is 8.20. The van der Waals surface area contributed by atoms with E-state index in [0.717, 1.165) is 17.2 Å². The van der Waals surface area contributed by atoms with Gasteiger partial charge in [-0.15, -0.1) is 0 Å². The fourth-order valence-electron chi connectivity index (χ4n) is 1.16. The predicted molar refractivity (Wildman–Crippen MR) is 57.5 cm³/mol. The van der Waals surface area contributed by atoms with E-state index in [2.05, 4.69) is 21.9 Å². The molecule has 1 heterocycles. The molecule has 0 aliphatic rings. The number of hydrogen-bond acceptors (Lipinski definition) is 4. The smallest absolute Gasteiger partial charge is 0.223 e. The van der Waals surface area contributed by atoms with Gasteiger partial charge in [0, 0.05) is 7.05 Å². The first-order chi connectivity index (χ1) is 6.20. The summed E-state index contributed by atoms with van der Waals surface area (Å²) in [7, 11) is 3.75. The van der Waals surface area contributed by atoms with Crippen molar-refractivity contribution in [3.05, 3.63) is 24.8 Å². The van der Waals surface area contributed by atoms with Crippen molar-refractivity contribution in [1.82, 2.24) is 9.97 Å². The Hall–Kier alpha value is -1.52. The molecule has 13 heavy (non-hydrogen) atoms. The van der Waals surface area contributed by atoms with Crippen LogP contribution in [-0.2, 0) is 0 Å². The molecule has 1 rings (SSSR count). The van der Waals surface area contributed by atoms with Gasteiger partial charge in [0.2, 0.25) is 7.98 Å². The molecule has 0 spiro atoms. The molecular weight excluding hydrogens is 163 g/mol. The maximum Gasteiger partial charge on any atom is 0.223 e. The Kier molecular flexibility index (Phi) is 2.90. The number of nitrogens with zero attached hydrogens (tertiary/aromatic N) is 3. The Morgan fingerprint density at radius 1 is 1.62 bits per heavy atom. The summed E-state index contributed by atoms with van der Waals surface area (Å²) in [6.07, 6.45) is 3.27. The Labute approximate surface area is 79.1 Å². The maximum absolute atomic E-state index is 4.12. The zero-order chi connectivity index (χ0) is 9.84. The summed E-state index contributed by atoms with van der Waals surface area (Å²) in [5, 5.41) is 3.01. The lowest BCUT2D eigenvalue weighted by Crippen LogP contribution is -2.15. The van der Waals surface area contributed by atoms with Crippen molar-refractivity contribution in [2.45, 2.75) is 6.92 Å². The highest BCUT2D eigenvalue weighted by Gasteiger charge is 2.08. The standard InChI is InChI=1S/C8H13BN4/c1-4-13(9)7-6(2)11-5-12-8(7)10-3/h4-5H,1,9H2,2-3H3,(H,10,11,12). The first kappa shape index (κ1) is 9.57. The summed E-state index contributed by atoms with van der Waals surface area (Å²) in [6.45, 7) is 5.64. The van der Waals surface area contributed by atoms with Gasteiger partial charge >= 0.3 is 0 Å². The van der Waals surface area contributed by atoms with Gasteiger partial charge in [-0.05, 0) is 13.1 Å². The van der Waals surface area contributed by atoms with Crippen LogP contribution in [0.3, 0.4) is 0 Å². The SMILES string of the molecule is BN(C=C)c1c(C)ncnc1NC. The van der Waals surface area contributed by atoms with Gasteiger partial charge in [-0.1, -0.05) is 6.58 Å². The molecule has 0 amide bonds. The van der Waals surface area contributed by atoms with Gasteiger partial charge < -0.3 is 10.1 Å². The number of aryl methyl sites for hydroxylation is 1. The highest BCUT2D eigenvalue weighted by atomic mass is 15.1. The van der Waals surface area contributed by atoms with Crippen LogP contribution in [0.4, 0.5) is 11.5 Å². The summed E-state index contributed by atoms with van der Waals surface area (Å²) >= 11 is 0. The van der Waals surface area contributed by atoms with Crippen molar-refractivity contribution in [3.8, 4) is 0 Å². The molecule has 0 atom stereocenters. The van der Waals surface area contributed by atoms with Crippen molar-refractivity contribution in [3.63, 3.8) is 0 Å². The number of hydrogen-bond donors (Lipinski definition) is 1. The molecular formula is C8H13BN4. The molecule has 0 saturated heterocycles. The lowest BCUT2D eigenvalue weighted by atomic mass is 10.2. The van der Waals surface area contributed by atoms with E-state index in [0.29, 0.717) is 0 Å². The molecule has 5 heteroatoms. The third-order valence-electron chi connectivity index (χ3n) is 1.87. The third-order valence-corrected chi connectivity index (χ3v) is 1.87. The van der Waals surface area contributed by atoms with Gasteiger partial charge in [0.1, 0.15) is 6.33 Å². The van der Waals surface area contributed by atoms with E-state index in [4.69, 9.17) is 0 Å². The van der Waals surface area contributed by atoms with Crippen LogP contribution in [0.25, 0.3) is 0 Å². The monoisotopic (exact) mass is 176 g/mol. The Morgan fingerprint density at radius 3 is 2.85 bits per heavy atom. The lowest BCUT2D eigenvalue weighted by Gasteiger charge is -2.18.